The van der Waals surface area contributed by atoms with Crippen LogP contribution in [-0.4, -0.2) is 27.2 Å². The van der Waals surface area contributed by atoms with Crippen LogP contribution in [0.4, 0.5) is 5.69 Å². The Labute approximate surface area is 111 Å². The van der Waals surface area contributed by atoms with E-state index in [0.29, 0.717) is 6.54 Å². The third-order valence-electron chi connectivity index (χ3n) is 3.21. The van der Waals surface area contributed by atoms with E-state index >= 15 is 0 Å². The molecule has 2 aromatic heterocycles. The largest absolute Gasteiger partial charge is 0.366 e. The Morgan fingerprint density at radius 1 is 1.21 bits per heavy atom. The lowest BCUT2D eigenvalue weighted by atomic mass is 10.1. The molecule has 96 valence electrons. The van der Waals surface area contributed by atoms with Crippen molar-refractivity contribution in [1.29, 1.82) is 0 Å². The molecule has 0 aliphatic rings. The van der Waals surface area contributed by atoms with Crippen molar-refractivity contribution in [3.05, 3.63) is 48.2 Å². The van der Waals surface area contributed by atoms with Gasteiger partial charge in [0.2, 0.25) is 0 Å². The minimum Gasteiger partial charge on any atom is -0.366 e. The molecular weight excluding hydrogens is 238 g/mol. The highest BCUT2D eigenvalue weighted by molar-refractivity contribution is 5.93. The Kier molecular flexibility index (Phi) is 2.87. The zero-order valence-electron chi connectivity index (χ0n) is 11.0. The van der Waals surface area contributed by atoms with E-state index in [4.69, 9.17) is 0 Å². The molecule has 3 aromatic rings. The Balaban J connectivity index is 2.02. The van der Waals surface area contributed by atoms with Crippen molar-refractivity contribution in [2.24, 2.45) is 0 Å². The van der Waals surface area contributed by atoms with Gasteiger partial charge in [0.1, 0.15) is 12.2 Å². The van der Waals surface area contributed by atoms with Crippen LogP contribution in [0.3, 0.4) is 0 Å². The number of hydrogen-bond acceptors (Lipinski definition) is 4. The maximum atomic E-state index is 4.46. The first-order chi connectivity index (χ1) is 9.25. The minimum atomic E-state index is 0.688. The molecule has 0 spiro atoms. The molecule has 0 unspecified atom stereocenters. The number of nitrogens with zero attached hydrogens (tertiary/aromatic N) is 4. The quantitative estimate of drug-likeness (QED) is 0.778. The summed E-state index contributed by atoms with van der Waals surface area (Å²) < 4.78 is 0. The molecule has 0 saturated carbocycles. The van der Waals surface area contributed by atoms with Crippen LogP contribution in [0.15, 0.2) is 36.8 Å². The molecule has 1 N–H and O–H groups in total. The van der Waals surface area contributed by atoms with Gasteiger partial charge in [0, 0.05) is 24.3 Å². The van der Waals surface area contributed by atoms with Gasteiger partial charge in [-0.2, -0.15) is 5.10 Å². The van der Waals surface area contributed by atoms with Crippen LogP contribution in [0.5, 0.6) is 0 Å². The number of hydrogen-bond donors (Lipinski definition) is 1. The number of aryl methyl sites for hydroxylation is 1. The number of aromatic amines is 1. The number of fused-ring (bicyclic) bond motifs is 1. The van der Waals surface area contributed by atoms with Crippen molar-refractivity contribution in [2.45, 2.75) is 13.5 Å². The van der Waals surface area contributed by atoms with Crippen LogP contribution in [0.2, 0.25) is 0 Å². The summed E-state index contributed by atoms with van der Waals surface area (Å²) in [5, 5.41) is 7.91. The van der Waals surface area contributed by atoms with Crippen molar-refractivity contribution in [1.82, 2.24) is 20.2 Å². The van der Waals surface area contributed by atoms with Gasteiger partial charge in [-0.15, -0.1) is 0 Å². The molecule has 19 heavy (non-hydrogen) atoms. The predicted octanol–water partition coefficient (Wildman–Crippen LogP) is 2.30. The first-order valence-corrected chi connectivity index (χ1v) is 6.15. The van der Waals surface area contributed by atoms with Crippen LogP contribution in [0, 0.1) is 6.92 Å². The number of rotatable bonds is 3. The van der Waals surface area contributed by atoms with Crippen molar-refractivity contribution >= 4 is 16.6 Å². The number of benzene rings is 1. The molecule has 0 fully saturated rings. The normalized spacial score (nSPS) is 10.8. The fourth-order valence-corrected chi connectivity index (χ4v) is 2.26. The molecular formula is C14H15N5. The van der Waals surface area contributed by atoms with Crippen LogP contribution < -0.4 is 4.90 Å². The van der Waals surface area contributed by atoms with E-state index in [2.05, 4.69) is 50.2 Å². The van der Waals surface area contributed by atoms with E-state index in [1.165, 1.54) is 11.9 Å². The fourth-order valence-electron chi connectivity index (χ4n) is 2.26. The smallest absolute Gasteiger partial charge is 0.143 e. The number of nitrogens with one attached hydrogen (secondary N) is 1. The van der Waals surface area contributed by atoms with Gasteiger partial charge >= 0.3 is 0 Å². The van der Waals surface area contributed by atoms with Gasteiger partial charge in [-0.05, 0) is 18.6 Å². The topological polar surface area (TPSA) is 57.7 Å². The standard InChI is InChI=1S/C14H15N5/c1-10-4-3-5-11-12(6-7-15-14(10)11)19(2)8-13-16-9-17-18-13/h3-7,9H,8H2,1-2H3,(H,16,17,18). The van der Waals surface area contributed by atoms with Gasteiger partial charge < -0.3 is 4.90 Å². The highest BCUT2D eigenvalue weighted by atomic mass is 15.2. The van der Waals surface area contributed by atoms with Crippen molar-refractivity contribution < 1.29 is 0 Å². The summed E-state index contributed by atoms with van der Waals surface area (Å²) in [7, 11) is 2.04. The zero-order chi connectivity index (χ0) is 13.2. The summed E-state index contributed by atoms with van der Waals surface area (Å²) >= 11 is 0. The minimum absolute atomic E-state index is 0.688. The lowest BCUT2D eigenvalue weighted by Gasteiger charge is -2.19. The molecule has 2 heterocycles. The predicted molar refractivity (Wildman–Crippen MR) is 75.0 cm³/mol. The third-order valence-corrected chi connectivity index (χ3v) is 3.21. The molecule has 1 aromatic carbocycles. The van der Waals surface area contributed by atoms with Crippen LogP contribution >= 0.6 is 0 Å². The van der Waals surface area contributed by atoms with Gasteiger partial charge in [0.05, 0.1) is 12.1 Å². The summed E-state index contributed by atoms with van der Waals surface area (Å²) in [6.07, 6.45) is 3.37. The molecule has 0 saturated heterocycles. The maximum absolute atomic E-state index is 4.46. The van der Waals surface area contributed by atoms with E-state index in [-0.39, 0.29) is 0 Å². The second kappa shape index (κ2) is 4.68. The molecule has 5 nitrogen and oxygen atoms in total. The highest BCUT2D eigenvalue weighted by Crippen LogP contribution is 2.26. The summed E-state index contributed by atoms with van der Waals surface area (Å²) in [6.45, 7) is 2.77. The Bertz CT molecular complexity index is 690. The molecule has 0 atom stereocenters. The van der Waals surface area contributed by atoms with Crippen LogP contribution in [0.1, 0.15) is 11.4 Å². The van der Waals surface area contributed by atoms with E-state index in [0.717, 1.165) is 22.4 Å². The van der Waals surface area contributed by atoms with E-state index < -0.39 is 0 Å². The second-order valence-corrected chi connectivity index (χ2v) is 4.59. The first kappa shape index (κ1) is 11.6. The second-order valence-electron chi connectivity index (χ2n) is 4.59. The van der Waals surface area contributed by atoms with Crippen molar-refractivity contribution in [2.75, 3.05) is 11.9 Å². The SMILES string of the molecule is Cc1cccc2c(N(C)Cc3ncn[nH]3)ccnc12. The van der Waals surface area contributed by atoms with Gasteiger partial charge in [0.15, 0.2) is 0 Å². The van der Waals surface area contributed by atoms with Crippen molar-refractivity contribution in [3.63, 3.8) is 0 Å². The Hall–Kier alpha value is -2.43. The number of H-pyrrole nitrogens is 1. The Morgan fingerprint density at radius 2 is 2.11 bits per heavy atom. The number of aromatic nitrogens is 4. The number of anilines is 1. The first-order valence-electron chi connectivity index (χ1n) is 6.15. The molecule has 3 rings (SSSR count). The average molecular weight is 253 g/mol. The van der Waals surface area contributed by atoms with E-state index in [1.54, 1.807) is 0 Å². The zero-order valence-corrected chi connectivity index (χ0v) is 11.0. The summed E-state index contributed by atoms with van der Waals surface area (Å²) in [4.78, 5) is 10.8. The highest BCUT2D eigenvalue weighted by Gasteiger charge is 2.09. The molecule has 0 aliphatic heterocycles. The van der Waals surface area contributed by atoms with E-state index in [1.807, 2.05) is 19.3 Å². The maximum Gasteiger partial charge on any atom is 0.143 e. The molecule has 0 bridgehead atoms. The molecule has 5 heteroatoms. The molecule has 0 radical (unpaired) electrons. The molecule has 0 aliphatic carbocycles. The van der Waals surface area contributed by atoms with Crippen LogP contribution in [0.25, 0.3) is 10.9 Å². The number of para-hydroxylation sites is 1. The van der Waals surface area contributed by atoms with Gasteiger partial charge in [-0.25, -0.2) is 4.98 Å². The van der Waals surface area contributed by atoms with Gasteiger partial charge in [-0.3, -0.25) is 10.1 Å². The van der Waals surface area contributed by atoms with Crippen LogP contribution in [-0.2, 0) is 6.54 Å². The van der Waals surface area contributed by atoms with Crippen molar-refractivity contribution in [3.8, 4) is 0 Å². The Morgan fingerprint density at radius 3 is 2.89 bits per heavy atom. The third kappa shape index (κ3) is 2.14. The lowest BCUT2D eigenvalue weighted by molar-refractivity contribution is 0.846. The number of pyridine rings is 1. The van der Waals surface area contributed by atoms with Gasteiger partial charge in [-0.1, -0.05) is 18.2 Å². The summed E-state index contributed by atoms with van der Waals surface area (Å²) in [5.74, 6) is 0.847. The fraction of sp³-hybridized carbons (Fsp3) is 0.214. The van der Waals surface area contributed by atoms with E-state index in [9.17, 15) is 0 Å². The average Bonchev–Trinajstić information content (AvgIpc) is 2.91. The van der Waals surface area contributed by atoms with Gasteiger partial charge in [0.25, 0.3) is 0 Å². The summed E-state index contributed by atoms with van der Waals surface area (Å²) in [6, 6.07) is 8.26. The summed E-state index contributed by atoms with van der Waals surface area (Å²) in [5.41, 5.74) is 3.38. The monoisotopic (exact) mass is 253 g/mol. The molecule has 0 amide bonds. The lowest BCUT2D eigenvalue weighted by Crippen LogP contribution is -2.17.